The first-order chi connectivity index (χ1) is 16.3. The number of rotatable bonds is 8. The monoisotopic (exact) mass is 487 g/mol. The molecule has 9 nitrogen and oxygen atoms in total. The molecule has 1 fully saturated rings. The minimum Gasteiger partial charge on any atom is -0.444 e. The Morgan fingerprint density at radius 3 is 2.37 bits per heavy atom. The number of hydrogen-bond acceptors (Lipinski definition) is 6. The van der Waals surface area contributed by atoms with E-state index in [4.69, 9.17) is 11.2 Å². The number of alkyl carbamates (subject to hydrolysis) is 1. The lowest BCUT2D eigenvalue weighted by atomic mass is 9.80. The molecule has 0 spiro atoms. The topological polar surface area (TPSA) is 128 Å². The van der Waals surface area contributed by atoms with Gasteiger partial charge in [-0.05, 0) is 50.3 Å². The number of carbonyl (C=O) groups excluding carboxylic acids is 3. The fraction of sp³-hybridized carbons (Fsp3) is 0.577. The van der Waals surface area contributed by atoms with Crippen molar-refractivity contribution < 1.29 is 29.3 Å². The number of nitrogens with one attached hydrogen (secondary N) is 2. The first kappa shape index (κ1) is 28.1. The Kier molecular flexibility index (Phi) is 9.30. The summed E-state index contributed by atoms with van der Waals surface area (Å²) in [5.41, 5.74) is -0.0633. The quantitative estimate of drug-likeness (QED) is 0.412. The van der Waals surface area contributed by atoms with Gasteiger partial charge in [0, 0.05) is 31.7 Å². The van der Waals surface area contributed by atoms with E-state index in [1.807, 2.05) is 0 Å². The van der Waals surface area contributed by atoms with Gasteiger partial charge in [-0.1, -0.05) is 31.9 Å². The molecule has 0 unspecified atom stereocenters. The predicted molar refractivity (Wildman–Crippen MR) is 131 cm³/mol. The third-order valence-electron chi connectivity index (χ3n) is 5.90. The Morgan fingerprint density at radius 2 is 1.83 bits per heavy atom. The van der Waals surface area contributed by atoms with Crippen molar-refractivity contribution in [1.29, 1.82) is 0 Å². The first-order valence-corrected chi connectivity index (χ1v) is 11.7. The average molecular weight is 488 g/mol. The largest absolute Gasteiger partial charge is 0.444 e. The number of carbonyl (C=O) groups is 3. The van der Waals surface area contributed by atoms with Crippen LogP contribution in [-0.2, 0) is 20.9 Å². The maximum absolute atomic E-state index is 13.6. The number of β-amino-alcohol motifs (C(OH)–C–C–N with tert-alkyl or cyclic N) is 1. The van der Waals surface area contributed by atoms with E-state index < -0.39 is 47.1 Å². The lowest BCUT2D eigenvalue weighted by molar-refractivity contribution is -0.142. The van der Waals surface area contributed by atoms with Crippen LogP contribution in [0, 0.1) is 17.8 Å². The number of aliphatic hydroxyl groups excluding tert-OH is 2. The fourth-order valence-corrected chi connectivity index (χ4v) is 3.95. The summed E-state index contributed by atoms with van der Waals surface area (Å²) in [7, 11) is 0. The minimum atomic E-state index is -1.08. The molecule has 0 bridgehead atoms. The lowest BCUT2D eigenvalue weighted by Crippen LogP contribution is -2.59. The molecule has 9 heteroatoms. The van der Waals surface area contributed by atoms with Gasteiger partial charge in [0.05, 0.1) is 6.10 Å². The van der Waals surface area contributed by atoms with Crippen molar-refractivity contribution in [2.24, 2.45) is 5.41 Å². The second kappa shape index (κ2) is 11.6. The van der Waals surface area contributed by atoms with Crippen LogP contribution < -0.4 is 10.6 Å². The van der Waals surface area contributed by atoms with E-state index in [0.29, 0.717) is 0 Å². The Labute approximate surface area is 207 Å². The second-order valence-corrected chi connectivity index (χ2v) is 10.5. The molecule has 1 aromatic rings. The number of benzene rings is 1. The van der Waals surface area contributed by atoms with Gasteiger partial charge >= 0.3 is 6.09 Å². The van der Waals surface area contributed by atoms with Gasteiger partial charge in [0.25, 0.3) is 0 Å². The summed E-state index contributed by atoms with van der Waals surface area (Å²) in [6, 6.07) is 5.16. The van der Waals surface area contributed by atoms with Gasteiger partial charge in [0.1, 0.15) is 17.7 Å². The Balaban J connectivity index is 2.19. The summed E-state index contributed by atoms with van der Waals surface area (Å²) in [6.45, 7) is 8.59. The van der Waals surface area contributed by atoms with E-state index in [1.165, 1.54) is 4.90 Å². The molecular weight excluding hydrogens is 450 g/mol. The van der Waals surface area contributed by atoms with E-state index in [1.54, 1.807) is 58.9 Å². The Bertz CT molecular complexity index is 945. The summed E-state index contributed by atoms with van der Waals surface area (Å²) < 4.78 is 5.33. The molecule has 1 heterocycles. The van der Waals surface area contributed by atoms with Gasteiger partial charge in [-0.2, -0.15) is 0 Å². The molecule has 0 aliphatic carbocycles. The van der Waals surface area contributed by atoms with Gasteiger partial charge in [-0.15, -0.1) is 6.42 Å². The van der Waals surface area contributed by atoms with Crippen LogP contribution >= 0.6 is 0 Å². The average Bonchev–Trinajstić information content (AvgIpc) is 3.16. The number of amides is 3. The normalized spacial score (nSPS) is 19.0. The summed E-state index contributed by atoms with van der Waals surface area (Å²) in [5, 5.41) is 25.3. The van der Waals surface area contributed by atoms with E-state index in [-0.39, 0.29) is 32.5 Å². The van der Waals surface area contributed by atoms with Crippen molar-refractivity contribution in [3.05, 3.63) is 35.4 Å². The summed E-state index contributed by atoms with van der Waals surface area (Å²) in [4.78, 5) is 40.5. The number of terminal acetylenes is 1. The van der Waals surface area contributed by atoms with E-state index in [0.717, 1.165) is 11.1 Å². The number of hydrogen-bond donors (Lipinski definition) is 4. The standard InChI is InChI=1S/C26H37N3O6/c1-7-17-8-10-18(11-9-17)15-27-22(32)20-14-19(31)16-29(20)23(33)21(26(5,6)12-13-30)28-24(34)35-25(2,3)4/h1,8-11,19-21,30-31H,12-16H2,2-6H3,(H,27,32)(H,28,34)/t19-,20+,21-/m1/s1. The van der Waals surface area contributed by atoms with E-state index >= 15 is 0 Å². The van der Waals surface area contributed by atoms with Crippen LogP contribution in [0.25, 0.3) is 0 Å². The summed E-state index contributed by atoms with van der Waals surface area (Å²) in [5.74, 6) is 1.60. The molecule has 0 radical (unpaired) electrons. The van der Waals surface area contributed by atoms with Crippen LogP contribution in [0.1, 0.15) is 58.6 Å². The molecule has 0 saturated carbocycles. The predicted octanol–water partition coefficient (Wildman–Crippen LogP) is 1.55. The number of aliphatic hydroxyl groups is 2. The Morgan fingerprint density at radius 1 is 1.20 bits per heavy atom. The molecule has 1 aliphatic heterocycles. The molecule has 192 valence electrons. The van der Waals surface area contributed by atoms with Crippen LogP contribution in [0.2, 0.25) is 0 Å². The molecule has 1 aromatic carbocycles. The third-order valence-corrected chi connectivity index (χ3v) is 5.90. The van der Waals surface area contributed by atoms with Gasteiger partial charge in [-0.25, -0.2) is 4.79 Å². The summed E-state index contributed by atoms with van der Waals surface area (Å²) >= 11 is 0. The van der Waals surface area contributed by atoms with E-state index in [2.05, 4.69) is 16.6 Å². The molecule has 0 aromatic heterocycles. The zero-order valence-electron chi connectivity index (χ0n) is 21.1. The molecule has 1 saturated heterocycles. The van der Waals surface area contributed by atoms with Gasteiger partial charge in [0.2, 0.25) is 11.8 Å². The third kappa shape index (κ3) is 7.98. The molecule has 35 heavy (non-hydrogen) atoms. The number of nitrogens with zero attached hydrogens (tertiary/aromatic N) is 1. The highest BCUT2D eigenvalue weighted by Crippen LogP contribution is 2.29. The maximum Gasteiger partial charge on any atom is 0.408 e. The smallest absolute Gasteiger partial charge is 0.408 e. The number of likely N-dealkylation sites (tertiary alicyclic amines) is 1. The molecule has 3 atom stereocenters. The lowest BCUT2D eigenvalue weighted by Gasteiger charge is -2.37. The van der Waals surface area contributed by atoms with Crippen LogP contribution in [0.5, 0.6) is 0 Å². The van der Waals surface area contributed by atoms with Crippen molar-refractivity contribution >= 4 is 17.9 Å². The van der Waals surface area contributed by atoms with Crippen molar-refractivity contribution in [3.8, 4) is 12.3 Å². The van der Waals surface area contributed by atoms with Gasteiger partial charge < -0.3 is 30.5 Å². The van der Waals surface area contributed by atoms with Crippen LogP contribution in [0.15, 0.2) is 24.3 Å². The molecular formula is C26H37N3O6. The number of ether oxygens (including phenoxy) is 1. The molecule has 1 aliphatic rings. The van der Waals surface area contributed by atoms with Crippen molar-refractivity contribution in [2.45, 2.75) is 77.8 Å². The Hall–Kier alpha value is -3.09. The zero-order valence-corrected chi connectivity index (χ0v) is 21.1. The maximum atomic E-state index is 13.6. The van der Waals surface area contributed by atoms with Crippen LogP contribution in [-0.4, -0.2) is 70.0 Å². The zero-order chi connectivity index (χ0) is 26.4. The van der Waals surface area contributed by atoms with Crippen molar-refractivity contribution in [1.82, 2.24) is 15.5 Å². The second-order valence-electron chi connectivity index (χ2n) is 10.5. The molecule has 4 N–H and O–H groups in total. The highest BCUT2D eigenvalue weighted by atomic mass is 16.6. The summed E-state index contributed by atoms with van der Waals surface area (Å²) in [6.07, 6.45) is 4.00. The molecule has 3 amide bonds. The van der Waals surface area contributed by atoms with Crippen LogP contribution in [0.3, 0.4) is 0 Å². The van der Waals surface area contributed by atoms with Gasteiger partial charge in [0.15, 0.2) is 0 Å². The van der Waals surface area contributed by atoms with Gasteiger partial charge in [-0.3, -0.25) is 9.59 Å². The minimum absolute atomic E-state index is 0.0461. The van der Waals surface area contributed by atoms with Crippen molar-refractivity contribution in [2.75, 3.05) is 13.2 Å². The van der Waals surface area contributed by atoms with Crippen LogP contribution in [0.4, 0.5) is 4.79 Å². The molecule has 2 rings (SSSR count). The first-order valence-electron chi connectivity index (χ1n) is 11.7. The van der Waals surface area contributed by atoms with E-state index in [9.17, 15) is 24.6 Å². The SMILES string of the molecule is C#Cc1ccc(CNC(=O)[C@@H]2C[C@@H](O)CN2C(=O)[C@@H](NC(=O)OC(C)(C)C)C(C)(C)CCO)cc1. The van der Waals surface area contributed by atoms with Crippen molar-refractivity contribution in [3.63, 3.8) is 0 Å². The highest BCUT2D eigenvalue weighted by molar-refractivity contribution is 5.92. The fourth-order valence-electron chi connectivity index (χ4n) is 3.95. The highest BCUT2D eigenvalue weighted by Gasteiger charge is 2.46.